The Morgan fingerprint density at radius 2 is 2.14 bits per heavy atom. The summed E-state index contributed by atoms with van der Waals surface area (Å²) in [7, 11) is 1.80. The summed E-state index contributed by atoms with van der Waals surface area (Å²) in [6.45, 7) is 5.82. The highest BCUT2D eigenvalue weighted by atomic mass is 16.6. The largest absolute Gasteiger partial charge is 0.342 e. The molecule has 0 fully saturated rings. The lowest BCUT2D eigenvalue weighted by atomic mass is 10.1. The lowest BCUT2D eigenvalue weighted by Crippen LogP contribution is -2.37. The summed E-state index contributed by atoms with van der Waals surface area (Å²) in [4.78, 5) is 18.3. The van der Waals surface area contributed by atoms with Gasteiger partial charge >= 0.3 is 0 Å². The van der Waals surface area contributed by atoms with E-state index in [1.165, 1.54) is 5.56 Å². The maximum Gasteiger partial charge on any atom is 0.228 e. The number of aromatic nitrogens is 3. The Morgan fingerprint density at radius 3 is 2.76 bits per heavy atom. The molecule has 0 N–H and O–H groups in total. The molecule has 21 heavy (non-hydrogen) atoms. The van der Waals surface area contributed by atoms with E-state index in [4.69, 9.17) is 0 Å². The molecule has 1 atom stereocenters. The Hall–Kier alpha value is -2.24. The van der Waals surface area contributed by atoms with E-state index in [0.29, 0.717) is 11.4 Å². The van der Waals surface area contributed by atoms with Crippen LogP contribution in [0.1, 0.15) is 29.6 Å². The first-order valence-corrected chi connectivity index (χ1v) is 6.92. The van der Waals surface area contributed by atoms with Gasteiger partial charge in [-0.25, -0.2) is 4.63 Å². The predicted octanol–water partition coefficient (Wildman–Crippen LogP) is 1.71. The molecule has 0 radical (unpaired) electrons. The molecule has 0 spiro atoms. The lowest BCUT2D eigenvalue weighted by Gasteiger charge is -2.24. The fourth-order valence-corrected chi connectivity index (χ4v) is 2.07. The summed E-state index contributed by atoms with van der Waals surface area (Å²) in [5.41, 5.74) is 3.41. The molecular weight excluding hydrogens is 268 g/mol. The second-order valence-electron chi connectivity index (χ2n) is 5.36. The minimum Gasteiger partial charge on any atom is -0.342 e. The second-order valence-corrected chi connectivity index (χ2v) is 5.36. The van der Waals surface area contributed by atoms with Crippen LogP contribution in [0, 0.1) is 13.8 Å². The number of rotatable bonds is 5. The Balaban J connectivity index is 1.97. The highest BCUT2D eigenvalue weighted by Gasteiger charge is 2.19. The lowest BCUT2D eigenvalue weighted by molar-refractivity contribution is -0.131. The number of carbonyl (C=O) groups is 1. The SMILES string of the molecule is Cc1ccnc(CC(C)N(C)C(=O)Cc2nonc2C)c1. The zero-order chi connectivity index (χ0) is 15.4. The van der Waals surface area contributed by atoms with E-state index in [0.717, 1.165) is 12.1 Å². The van der Waals surface area contributed by atoms with Crippen LogP contribution in [-0.4, -0.2) is 39.2 Å². The van der Waals surface area contributed by atoms with Crippen molar-refractivity contribution < 1.29 is 9.42 Å². The van der Waals surface area contributed by atoms with Crippen molar-refractivity contribution in [3.63, 3.8) is 0 Å². The van der Waals surface area contributed by atoms with Crippen LogP contribution in [0.2, 0.25) is 0 Å². The van der Waals surface area contributed by atoms with Crippen molar-refractivity contribution in [2.45, 2.75) is 39.7 Å². The van der Waals surface area contributed by atoms with Crippen molar-refractivity contribution in [1.82, 2.24) is 20.2 Å². The molecular formula is C15H20N4O2. The molecule has 0 aliphatic carbocycles. The second kappa shape index (κ2) is 6.47. The third kappa shape index (κ3) is 3.87. The normalized spacial score (nSPS) is 12.2. The Bertz CT molecular complexity index is 624. The van der Waals surface area contributed by atoms with Crippen LogP contribution in [0.5, 0.6) is 0 Å². The molecule has 2 heterocycles. The van der Waals surface area contributed by atoms with Crippen LogP contribution >= 0.6 is 0 Å². The van der Waals surface area contributed by atoms with Gasteiger partial charge in [-0.3, -0.25) is 9.78 Å². The molecule has 0 aromatic carbocycles. The van der Waals surface area contributed by atoms with Gasteiger partial charge in [0.25, 0.3) is 0 Å². The molecule has 6 nitrogen and oxygen atoms in total. The van der Waals surface area contributed by atoms with E-state index in [1.54, 1.807) is 25.1 Å². The molecule has 2 aromatic rings. The van der Waals surface area contributed by atoms with Crippen molar-refractivity contribution in [2.24, 2.45) is 0 Å². The smallest absolute Gasteiger partial charge is 0.228 e. The fraction of sp³-hybridized carbons (Fsp3) is 0.467. The third-order valence-corrected chi connectivity index (χ3v) is 3.60. The molecule has 2 rings (SSSR count). The van der Waals surface area contributed by atoms with Crippen LogP contribution in [0.25, 0.3) is 0 Å². The maximum atomic E-state index is 12.3. The van der Waals surface area contributed by atoms with Gasteiger partial charge in [-0.05, 0) is 38.5 Å². The van der Waals surface area contributed by atoms with Gasteiger partial charge in [-0.2, -0.15) is 0 Å². The number of amides is 1. The first kappa shape index (κ1) is 15.2. The quantitative estimate of drug-likeness (QED) is 0.837. The van der Waals surface area contributed by atoms with E-state index >= 15 is 0 Å². The van der Waals surface area contributed by atoms with Crippen LogP contribution in [0.3, 0.4) is 0 Å². The minimum absolute atomic E-state index is 0.00560. The van der Waals surface area contributed by atoms with Gasteiger partial charge in [0.05, 0.1) is 6.42 Å². The molecule has 2 aromatic heterocycles. The molecule has 0 aliphatic rings. The average molecular weight is 288 g/mol. The first-order chi connectivity index (χ1) is 9.97. The number of hydrogen-bond donors (Lipinski definition) is 0. The van der Waals surface area contributed by atoms with E-state index in [2.05, 4.69) is 19.9 Å². The topological polar surface area (TPSA) is 72.1 Å². The summed E-state index contributed by atoms with van der Waals surface area (Å²) < 4.78 is 4.61. The van der Waals surface area contributed by atoms with Crippen LogP contribution < -0.4 is 0 Å². The molecule has 1 amide bonds. The third-order valence-electron chi connectivity index (χ3n) is 3.60. The molecule has 1 unspecified atom stereocenters. The van der Waals surface area contributed by atoms with Crippen molar-refractivity contribution in [1.29, 1.82) is 0 Å². The van der Waals surface area contributed by atoms with E-state index in [-0.39, 0.29) is 18.4 Å². The van der Waals surface area contributed by atoms with Gasteiger partial charge in [0, 0.05) is 31.4 Å². The molecule has 0 saturated carbocycles. The zero-order valence-electron chi connectivity index (χ0n) is 12.8. The van der Waals surface area contributed by atoms with Gasteiger partial charge in [0.1, 0.15) is 11.4 Å². The Kier molecular flexibility index (Phi) is 4.67. The number of hydrogen-bond acceptors (Lipinski definition) is 5. The number of nitrogens with zero attached hydrogens (tertiary/aromatic N) is 4. The van der Waals surface area contributed by atoms with E-state index in [1.807, 2.05) is 26.0 Å². The van der Waals surface area contributed by atoms with Crippen LogP contribution in [0.15, 0.2) is 23.0 Å². The predicted molar refractivity (Wildman–Crippen MR) is 77.6 cm³/mol. The van der Waals surface area contributed by atoms with Gasteiger partial charge in [-0.15, -0.1) is 0 Å². The molecule has 0 aliphatic heterocycles. The van der Waals surface area contributed by atoms with Crippen molar-refractivity contribution in [3.05, 3.63) is 41.0 Å². The fourth-order valence-electron chi connectivity index (χ4n) is 2.07. The summed E-state index contributed by atoms with van der Waals surface area (Å²) in [6.07, 6.45) is 2.72. The van der Waals surface area contributed by atoms with E-state index in [9.17, 15) is 4.79 Å². The minimum atomic E-state index is -0.00560. The number of carbonyl (C=O) groups excluding carboxylic acids is 1. The van der Waals surface area contributed by atoms with E-state index < -0.39 is 0 Å². The van der Waals surface area contributed by atoms with Crippen molar-refractivity contribution in [2.75, 3.05) is 7.05 Å². The Labute approximate surface area is 124 Å². The molecule has 0 saturated heterocycles. The molecule has 6 heteroatoms. The van der Waals surface area contributed by atoms with Gasteiger partial charge in [0.2, 0.25) is 5.91 Å². The zero-order valence-corrected chi connectivity index (χ0v) is 12.8. The van der Waals surface area contributed by atoms with Crippen LogP contribution in [0.4, 0.5) is 0 Å². The van der Waals surface area contributed by atoms with Gasteiger partial charge in [-0.1, -0.05) is 10.3 Å². The highest BCUT2D eigenvalue weighted by molar-refractivity contribution is 5.78. The number of pyridine rings is 1. The number of likely N-dealkylation sites (N-methyl/N-ethyl adjacent to an activating group) is 1. The number of aryl methyl sites for hydroxylation is 2. The summed E-state index contributed by atoms with van der Waals surface area (Å²) in [5.74, 6) is -0.00560. The first-order valence-electron chi connectivity index (χ1n) is 6.92. The monoisotopic (exact) mass is 288 g/mol. The summed E-state index contributed by atoms with van der Waals surface area (Å²) in [6, 6.07) is 4.07. The van der Waals surface area contributed by atoms with Gasteiger partial charge in [0.15, 0.2) is 0 Å². The summed E-state index contributed by atoms with van der Waals surface area (Å²) in [5, 5.41) is 7.43. The average Bonchev–Trinajstić information content (AvgIpc) is 2.83. The molecule has 112 valence electrons. The molecule has 0 bridgehead atoms. The maximum absolute atomic E-state index is 12.3. The summed E-state index contributed by atoms with van der Waals surface area (Å²) >= 11 is 0. The highest BCUT2D eigenvalue weighted by Crippen LogP contribution is 2.10. The van der Waals surface area contributed by atoms with Crippen molar-refractivity contribution >= 4 is 5.91 Å². The van der Waals surface area contributed by atoms with Gasteiger partial charge < -0.3 is 4.90 Å². The van der Waals surface area contributed by atoms with Crippen LogP contribution in [-0.2, 0) is 17.6 Å². The Morgan fingerprint density at radius 1 is 1.38 bits per heavy atom. The van der Waals surface area contributed by atoms with Crippen molar-refractivity contribution in [3.8, 4) is 0 Å². The standard InChI is InChI=1S/C15H20N4O2/c1-10-5-6-16-13(7-10)8-11(2)19(4)15(20)9-14-12(3)17-21-18-14/h5-7,11H,8-9H2,1-4H3.